The Kier molecular flexibility index (Phi) is 7.93. The molecule has 0 saturated heterocycles. The number of rotatable bonds is 8. The minimum atomic E-state index is -4.89. The van der Waals surface area contributed by atoms with Crippen LogP contribution in [0.4, 0.5) is 36.4 Å². The fourth-order valence-corrected chi connectivity index (χ4v) is 4.16. The average Bonchev–Trinajstić information content (AvgIpc) is 2.88. The van der Waals surface area contributed by atoms with E-state index in [1.54, 1.807) is 12.0 Å². The van der Waals surface area contributed by atoms with E-state index in [4.69, 9.17) is 0 Å². The van der Waals surface area contributed by atoms with Gasteiger partial charge in [-0.05, 0) is 42.8 Å². The predicted octanol–water partition coefficient (Wildman–Crippen LogP) is 5.39. The molecule has 1 atom stereocenters. The molecule has 4 aromatic rings. The molecule has 3 aromatic heterocycles. The van der Waals surface area contributed by atoms with Crippen LogP contribution in [0.2, 0.25) is 0 Å². The summed E-state index contributed by atoms with van der Waals surface area (Å²) in [5.74, 6) is -1.18. The van der Waals surface area contributed by atoms with Gasteiger partial charge in [0.05, 0.1) is 28.4 Å². The summed E-state index contributed by atoms with van der Waals surface area (Å²) in [7, 11) is 0. The minimum Gasteiger partial charge on any atom is -0.380 e. The molecule has 0 aliphatic heterocycles. The van der Waals surface area contributed by atoms with Gasteiger partial charge in [-0.1, -0.05) is 6.92 Å². The van der Waals surface area contributed by atoms with Crippen molar-refractivity contribution >= 4 is 16.5 Å². The van der Waals surface area contributed by atoms with E-state index in [9.17, 15) is 40.3 Å². The number of nitrogens with zero attached hydrogens (tertiary/aromatic N) is 4. The molecular weight excluding hydrogens is 549 g/mol. The Hall–Kier alpha value is -4.30. The predicted molar refractivity (Wildman–Crippen MR) is 131 cm³/mol. The molecule has 0 aliphatic rings. The largest absolute Gasteiger partial charge is 0.423 e. The van der Waals surface area contributed by atoms with Crippen LogP contribution in [0.5, 0.6) is 0 Å². The van der Waals surface area contributed by atoms with Crippen LogP contribution in [-0.4, -0.2) is 30.8 Å². The molecule has 1 unspecified atom stereocenters. The Bertz CT molecular complexity index is 1630. The summed E-state index contributed by atoms with van der Waals surface area (Å²) in [6.07, 6.45) is -5.01. The van der Waals surface area contributed by atoms with Gasteiger partial charge in [-0.2, -0.15) is 31.4 Å². The first-order valence-electron chi connectivity index (χ1n) is 11.9. The molecule has 0 radical (unpaired) electrons. The molecule has 4 rings (SSSR count). The molecule has 3 heterocycles. The van der Waals surface area contributed by atoms with Crippen molar-refractivity contribution in [1.29, 1.82) is 0 Å². The molecule has 8 nitrogen and oxygen atoms in total. The SMILES string of the molecule is CCC(CCCn1ccc2cc(-c3ncc(C(F)(F)F)cn3)c(F)cc2c1=O)Nc1cn[nH]c(=O)c1C(F)(F)F. The van der Waals surface area contributed by atoms with Crippen LogP contribution in [0, 0.1) is 5.82 Å². The molecular formula is C25H21F7N6O2. The van der Waals surface area contributed by atoms with Crippen LogP contribution in [0.15, 0.2) is 52.6 Å². The third kappa shape index (κ3) is 6.13. The van der Waals surface area contributed by atoms with Crippen LogP contribution in [0.3, 0.4) is 0 Å². The molecule has 15 heteroatoms. The summed E-state index contributed by atoms with van der Waals surface area (Å²) in [4.78, 5) is 31.8. The first kappa shape index (κ1) is 28.7. The van der Waals surface area contributed by atoms with Gasteiger partial charge in [-0.15, -0.1) is 0 Å². The lowest BCUT2D eigenvalue weighted by Crippen LogP contribution is -2.28. The molecule has 1 aromatic carbocycles. The zero-order chi connectivity index (χ0) is 29.2. The number of aryl methyl sites for hydroxylation is 1. The van der Waals surface area contributed by atoms with Crippen LogP contribution >= 0.6 is 0 Å². The fraction of sp³-hybridized carbons (Fsp3) is 0.320. The molecule has 0 aliphatic carbocycles. The highest BCUT2D eigenvalue weighted by Crippen LogP contribution is 2.32. The van der Waals surface area contributed by atoms with Gasteiger partial charge in [0.15, 0.2) is 5.82 Å². The highest BCUT2D eigenvalue weighted by molar-refractivity contribution is 5.86. The second-order valence-corrected chi connectivity index (χ2v) is 8.90. The van der Waals surface area contributed by atoms with E-state index in [1.807, 2.05) is 0 Å². The second-order valence-electron chi connectivity index (χ2n) is 8.90. The Morgan fingerprint density at radius 3 is 2.35 bits per heavy atom. The van der Waals surface area contributed by atoms with Crippen LogP contribution < -0.4 is 16.4 Å². The Labute approximate surface area is 220 Å². The number of pyridine rings is 1. The zero-order valence-electron chi connectivity index (χ0n) is 20.7. The summed E-state index contributed by atoms with van der Waals surface area (Å²) in [6, 6.07) is 3.28. The highest BCUT2D eigenvalue weighted by atomic mass is 19.4. The monoisotopic (exact) mass is 570 g/mol. The maximum atomic E-state index is 14.8. The highest BCUT2D eigenvalue weighted by Gasteiger charge is 2.37. The van der Waals surface area contributed by atoms with E-state index in [2.05, 4.69) is 20.4 Å². The second kappa shape index (κ2) is 11.1. The standard InChI is InChI=1S/C25H21F7N6O2/c1-2-15(36-19-12-35-37-22(39)20(19)25(30,31)32)4-3-6-38-7-5-13-8-17(18(26)9-16(13)23(38)40)21-33-10-14(11-34-21)24(27,28)29/h5,7-12,15H,2-4,6H2,1H3,(H2,36,37,39). The zero-order valence-corrected chi connectivity index (χ0v) is 20.7. The van der Waals surface area contributed by atoms with Crippen molar-refractivity contribution in [2.75, 3.05) is 5.32 Å². The summed E-state index contributed by atoms with van der Waals surface area (Å²) in [5.41, 5.74) is -4.99. The van der Waals surface area contributed by atoms with Crippen molar-refractivity contribution in [3.63, 3.8) is 0 Å². The Balaban J connectivity index is 1.49. The topological polar surface area (TPSA) is 106 Å². The van der Waals surface area contributed by atoms with Gasteiger partial charge in [0.2, 0.25) is 0 Å². The molecule has 0 fully saturated rings. The van der Waals surface area contributed by atoms with Crippen molar-refractivity contribution in [3.8, 4) is 11.4 Å². The number of nitrogens with one attached hydrogen (secondary N) is 2. The quantitative estimate of drug-likeness (QED) is 0.275. The van der Waals surface area contributed by atoms with Crippen molar-refractivity contribution in [1.82, 2.24) is 24.7 Å². The molecule has 2 N–H and O–H groups in total. The van der Waals surface area contributed by atoms with E-state index in [0.29, 0.717) is 37.0 Å². The summed E-state index contributed by atoms with van der Waals surface area (Å²) in [5, 5.41) is 8.24. The Morgan fingerprint density at radius 2 is 1.73 bits per heavy atom. The van der Waals surface area contributed by atoms with Gasteiger partial charge in [-0.3, -0.25) is 9.59 Å². The molecule has 0 amide bonds. The van der Waals surface area contributed by atoms with Gasteiger partial charge in [-0.25, -0.2) is 19.5 Å². The van der Waals surface area contributed by atoms with Crippen molar-refractivity contribution in [2.45, 2.75) is 51.1 Å². The molecule has 0 bridgehead atoms. The van der Waals surface area contributed by atoms with E-state index in [1.165, 1.54) is 22.9 Å². The van der Waals surface area contributed by atoms with Crippen molar-refractivity contribution in [3.05, 3.63) is 80.6 Å². The van der Waals surface area contributed by atoms with Gasteiger partial charge in [0.1, 0.15) is 11.4 Å². The number of hydrogen-bond donors (Lipinski definition) is 2. The number of halogens is 7. The maximum Gasteiger partial charge on any atom is 0.423 e. The maximum absolute atomic E-state index is 14.8. The van der Waals surface area contributed by atoms with E-state index in [-0.39, 0.29) is 23.3 Å². The summed E-state index contributed by atoms with van der Waals surface area (Å²) in [6.45, 7) is 1.91. The van der Waals surface area contributed by atoms with E-state index < -0.39 is 52.1 Å². The van der Waals surface area contributed by atoms with Gasteiger partial charge in [0.25, 0.3) is 11.1 Å². The first-order valence-corrected chi connectivity index (χ1v) is 11.9. The number of hydrogen-bond acceptors (Lipinski definition) is 6. The lowest BCUT2D eigenvalue weighted by atomic mass is 10.1. The fourth-order valence-electron chi connectivity index (χ4n) is 4.16. The number of anilines is 1. The third-order valence-corrected chi connectivity index (χ3v) is 6.23. The number of H-pyrrole nitrogens is 1. The van der Waals surface area contributed by atoms with Crippen LogP contribution in [0.1, 0.15) is 37.3 Å². The normalized spacial score (nSPS) is 13.0. The summed E-state index contributed by atoms with van der Waals surface area (Å²) < 4.78 is 94.4. The molecule has 0 saturated carbocycles. The number of alkyl halides is 6. The lowest BCUT2D eigenvalue weighted by Gasteiger charge is -2.20. The number of fused-ring (bicyclic) bond motifs is 1. The molecule has 0 spiro atoms. The number of aromatic amines is 1. The van der Waals surface area contributed by atoms with Gasteiger partial charge in [0, 0.05) is 31.2 Å². The van der Waals surface area contributed by atoms with Crippen molar-refractivity contribution < 1.29 is 30.7 Å². The lowest BCUT2D eigenvalue weighted by molar-refractivity contribution is -0.139. The average molecular weight is 570 g/mol. The van der Waals surface area contributed by atoms with E-state index in [0.717, 1.165) is 12.3 Å². The van der Waals surface area contributed by atoms with Gasteiger partial charge < -0.3 is 9.88 Å². The number of aromatic nitrogens is 5. The van der Waals surface area contributed by atoms with Crippen LogP contribution in [-0.2, 0) is 18.9 Å². The minimum absolute atomic E-state index is 0.0187. The van der Waals surface area contributed by atoms with Gasteiger partial charge >= 0.3 is 12.4 Å². The first-order chi connectivity index (χ1) is 18.8. The molecule has 212 valence electrons. The third-order valence-electron chi connectivity index (χ3n) is 6.23. The molecule has 40 heavy (non-hydrogen) atoms. The van der Waals surface area contributed by atoms with E-state index >= 15 is 0 Å². The van der Waals surface area contributed by atoms with Crippen LogP contribution in [0.25, 0.3) is 22.2 Å². The number of benzene rings is 1. The summed E-state index contributed by atoms with van der Waals surface area (Å²) >= 11 is 0. The smallest absolute Gasteiger partial charge is 0.380 e. The van der Waals surface area contributed by atoms with Crippen molar-refractivity contribution in [2.24, 2.45) is 0 Å². The Morgan fingerprint density at radius 1 is 1.02 bits per heavy atom.